The standard InChI is InChI=1S/C15H18FN3OS/c1-9(8-17-3)14(20)19-15-18-13(10(2)21-15)11-4-6-12(16)7-5-11/h4-7,9,17H,8H2,1-3H3,(H,18,19,20). The van der Waals surface area contributed by atoms with E-state index in [0.717, 1.165) is 16.1 Å². The maximum Gasteiger partial charge on any atom is 0.230 e. The lowest BCUT2D eigenvalue weighted by Crippen LogP contribution is -2.28. The van der Waals surface area contributed by atoms with Crippen molar-refractivity contribution >= 4 is 22.4 Å². The van der Waals surface area contributed by atoms with Gasteiger partial charge in [0.25, 0.3) is 0 Å². The Morgan fingerprint density at radius 2 is 2.05 bits per heavy atom. The predicted molar refractivity (Wildman–Crippen MR) is 84.0 cm³/mol. The molecule has 0 aliphatic carbocycles. The molecule has 1 aromatic heterocycles. The van der Waals surface area contributed by atoms with Crippen molar-refractivity contribution in [1.29, 1.82) is 0 Å². The van der Waals surface area contributed by atoms with Crippen LogP contribution in [0, 0.1) is 18.7 Å². The fourth-order valence-corrected chi connectivity index (χ4v) is 2.79. The van der Waals surface area contributed by atoms with E-state index in [1.165, 1.54) is 23.5 Å². The smallest absolute Gasteiger partial charge is 0.230 e. The third-order valence-electron chi connectivity index (χ3n) is 3.10. The molecule has 0 bridgehead atoms. The molecule has 2 rings (SSSR count). The number of aromatic nitrogens is 1. The van der Waals surface area contributed by atoms with Gasteiger partial charge in [-0.05, 0) is 38.2 Å². The third kappa shape index (κ3) is 3.86. The number of rotatable bonds is 5. The van der Waals surface area contributed by atoms with E-state index >= 15 is 0 Å². The van der Waals surface area contributed by atoms with Crippen molar-refractivity contribution in [2.75, 3.05) is 18.9 Å². The topological polar surface area (TPSA) is 54.0 Å². The number of anilines is 1. The molecule has 21 heavy (non-hydrogen) atoms. The van der Waals surface area contributed by atoms with Gasteiger partial charge in [0.05, 0.1) is 5.69 Å². The molecule has 112 valence electrons. The molecule has 0 aliphatic rings. The summed E-state index contributed by atoms with van der Waals surface area (Å²) >= 11 is 1.42. The summed E-state index contributed by atoms with van der Waals surface area (Å²) < 4.78 is 13.0. The van der Waals surface area contributed by atoms with Crippen molar-refractivity contribution in [3.05, 3.63) is 35.0 Å². The quantitative estimate of drug-likeness (QED) is 0.892. The van der Waals surface area contributed by atoms with Crippen LogP contribution in [-0.2, 0) is 4.79 Å². The molecule has 0 aliphatic heterocycles. The second kappa shape index (κ2) is 6.78. The lowest BCUT2D eigenvalue weighted by atomic mass is 10.1. The van der Waals surface area contributed by atoms with Crippen LogP contribution in [0.1, 0.15) is 11.8 Å². The van der Waals surface area contributed by atoms with Gasteiger partial charge in [-0.1, -0.05) is 6.92 Å². The molecular formula is C15H18FN3OS. The highest BCUT2D eigenvalue weighted by Gasteiger charge is 2.16. The first kappa shape index (κ1) is 15.6. The molecule has 1 amide bonds. The minimum absolute atomic E-state index is 0.0660. The SMILES string of the molecule is CNCC(C)C(=O)Nc1nc(-c2ccc(F)cc2)c(C)s1. The van der Waals surface area contributed by atoms with Gasteiger partial charge in [-0.15, -0.1) is 11.3 Å². The number of nitrogens with one attached hydrogen (secondary N) is 2. The molecule has 0 saturated carbocycles. The van der Waals surface area contributed by atoms with E-state index in [1.807, 2.05) is 20.9 Å². The second-order valence-corrected chi connectivity index (χ2v) is 6.08. The minimum atomic E-state index is -0.277. The van der Waals surface area contributed by atoms with E-state index < -0.39 is 0 Å². The Balaban J connectivity index is 2.16. The molecule has 0 saturated heterocycles. The monoisotopic (exact) mass is 307 g/mol. The lowest BCUT2D eigenvalue weighted by molar-refractivity contribution is -0.119. The van der Waals surface area contributed by atoms with Crippen molar-refractivity contribution in [3.63, 3.8) is 0 Å². The fraction of sp³-hybridized carbons (Fsp3) is 0.333. The summed E-state index contributed by atoms with van der Waals surface area (Å²) in [5.74, 6) is -0.474. The van der Waals surface area contributed by atoms with Gasteiger partial charge in [0, 0.05) is 22.9 Å². The number of hydrogen-bond donors (Lipinski definition) is 2. The summed E-state index contributed by atoms with van der Waals surface area (Å²) in [6.45, 7) is 4.40. The Bertz CT molecular complexity index is 624. The molecule has 0 radical (unpaired) electrons. The van der Waals surface area contributed by atoms with E-state index in [9.17, 15) is 9.18 Å². The summed E-state index contributed by atoms with van der Waals surface area (Å²) in [7, 11) is 1.81. The molecule has 6 heteroatoms. The van der Waals surface area contributed by atoms with Crippen molar-refractivity contribution in [2.24, 2.45) is 5.92 Å². The van der Waals surface area contributed by atoms with E-state index in [-0.39, 0.29) is 17.6 Å². The molecule has 2 N–H and O–H groups in total. The Kier molecular flexibility index (Phi) is 5.03. The van der Waals surface area contributed by atoms with E-state index in [2.05, 4.69) is 15.6 Å². The molecule has 1 heterocycles. The highest BCUT2D eigenvalue weighted by molar-refractivity contribution is 7.16. The zero-order valence-corrected chi connectivity index (χ0v) is 13.1. The van der Waals surface area contributed by atoms with Crippen LogP contribution in [0.4, 0.5) is 9.52 Å². The van der Waals surface area contributed by atoms with E-state index in [1.54, 1.807) is 12.1 Å². The molecule has 0 fully saturated rings. The van der Waals surface area contributed by atoms with Gasteiger partial charge in [-0.25, -0.2) is 9.37 Å². The highest BCUT2D eigenvalue weighted by atomic mass is 32.1. The van der Waals surface area contributed by atoms with Crippen LogP contribution in [0.2, 0.25) is 0 Å². The van der Waals surface area contributed by atoms with E-state index in [4.69, 9.17) is 0 Å². The zero-order chi connectivity index (χ0) is 15.4. The summed E-state index contributed by atoms with van der Waals surface area (Å²) in [4.78, 5) is 17.4. The first-order chi connectivity index (χ1) is 10.0. The van der Waals surface area contributed by atoms with Gasteiger partial charge < -0.3 is 10.6 Å². The summed E-state index contributed by atoms with van der Waals surface area (Å²) in [6.07, 6.45) is 0. The van der Waals surface area contributed by atoms with Gasteiger partial charge in [0.15, 0.2) is 5.13 Å². The number of hydrogen-bond acceptors (Lipinski definition) is 4. The van der Waals surface area contributed by atoms with Crippen LogP contribution in [-0.4, -0.2) is 24.5 Å². The molecule has 4 nitrogen and oxygen atoms in total. The number of benzene rings is 1. The van der Waals surface area contributed by atoms with Crippen molar-refractivity contribution in [2.45, 2.75) is 13.8 Å². The number of amides is 1. The maximum atomic E-state index is 13.0. The van der Waals surface area contributed by atoms with Crippen LogP contribution in [0.25, 0.3) is 11.3 Å². The van der Waals surface area contributed by atoms with Crippen molar-refractivity contribution in [1.82, 2.24) is 10.3 Å². The van der Waals surface area contributed by atoms with E-state index in [0.29, 0.717) is 11.7 Å². The van der Waals surface area contributed by atoms with Gasteiger partial charge in [-0.2, -0.15) is 0 Å². The molecule has 2 aromatic rings. The number of nitrogens with zero attached hydrogens (tertiary/aromatic N) is 1. The average Bonchev–Trinajstić information content (AvgIpc) is 2.80. The third-order valence-corrected chi connectivity index (χ3v) is 3.99. The van der Waals surface area contributed by atoms with Crippen LogP contribution < -0.4 is 10.6 Å². The van der Waals surface area contributed by atoms with Crippen LogP contribution in [0.15, 0.2) is 24.3 Å². The van der Waals surface area contributed by atoms with Crippen molar-refractivity contribution < 1.29 is 9.18 Å². The first-order valence-electron chi connectivity index (χ1n) is 6.70. The van der Waals surface area contributed by atoms with Crippen LogP contribution >= 0.6 is 11.3 Å². The number of halogens is 1. The average molecular weight is 307 g/mol. The number of thiazole rings is 1. The normalized spacial score (nSPS) is 12.2. The summed E-state index contributed by atoms with van der Waals surface area (Å²) in [5.41, 5.74) is 1.62. The first-order valence-corrected chi connectivity index (χ1v) is 7.51. The van der Waals surface area contributed by atoms with Crippen LogP contribution in [0.5, 0.6) is 0 Å². The molecule has 0 spiro atoms. The largest absolute Gasteiger partial charge is 0.319 e. The Hall–Kier alpha value is -1.79. The molecule has 1 aromatic carbocycles. The zero-order valence-electron chi connectivity index (χ0n) is 12.2. The Labute approximate surface area is 127 Å². The van der Waals surface area contributed by atoms with Crippen LogP contribution in [0.3, 0.4) is 0 Å². The number of carbonyl (C=O) groups is 1. The lowest BCUT2D eigenvalue weighted by Gasteiger charge is -2.09. The number of aryl methyl sites for hydroxylation is 1. The Morgan fingerprint density at radius 1 is 1.38 bits per heavy atom. The van der Waals surface area contributed by atoms with Gasteiger partial charge in [0.2, 0.25) is 5.91 Å². The minimum Gasteiger partial charge on any atom is -0.319 e. The predicted octanol–water partition coefficient (Wildman–Crippen LogP) is 3.05. The summed E-state index contributed by atoms with van der Waals surface area (Å²) in [6, 6.07) is 6.18. The van der Waals surface area contributed by atoms with Gasteiger partial charge in [0.1, 0.15) is 5.82 Å². The molecular weight excluding hydrogens is 289 g/mol. The summed E-state index contributed by atoms with van der Waals surface area (Å²) in [5, 5.41) is 6.36. The highest BCUT2D eigenvalue weighted by Crippen LogP contribution is 2.30. The van der Waals surface area contributed by atoms with Gasteiger partial charge in [-0.3, -0.25) is 4.79 Å². The Morgan fingerprint density at radius 3 is 2.67 bits per heavy atom. The molecule has 1 atom stereocenters. The number of carbonyl (C=O) groups excluding carboxylic acids is 1. The maximum absolute atomic E-state index is 13.0. The van der Waals surface area contributed by atoms with Crippen molar-refractivity contribution in [3.8, 4) is 11.3 Å². The van der Waals surface area contributed by atoms with Gasteiger partial charge >= 0.3 is 0 Å². The second-order valence-electron chi connectivity index (χ2n) is 4.88. The fourth-order valence-electron chi connectivity index (χ4n) is 1.95. The molecule has 1 unspecified atom stereocenters.